The minimum Gasteiger partial charge on any atom is -0.394 e. The van der Waals surface area contributed by atoms with Crippen molar-refractivity contribution in [3.8, 4) is 0 Å². The molecule has 2 heteroatoms. The van der Waals surface area contributed by atoms with Gasteiger partial charge in [-0.1, -0.05) is 46.0 Å². The first-order valence-corrected chi connectivity index (χ1v) is 4.93. The number of hydrogen-bond donors (Lipinski definition) is 1. The summed E-state index contributed by atoms with van der Waals surface area (Å²) in [5, 5.41) is 7.94. The van der Waals surface area contributed by atoms with Crippen LogP contribution in [0.15, 0.2) is 0 Å². The molecule has 0 fully saturated rings. The average molecular weight is 176 g/mol. The van der Waals surface area contributed by atoms with Crippen molar-refractivity contribution >= 4 is 0 Å². The van der Waals surface area contributed by atoms with E-state index in [2.05, 4.69) is 18.6 Å². The van der Waals surface area contributed by atoms with Crippen LogP contribution in [0.25, 0.3) is 0 Å². The van der Waals surface area contributed by atoms with Crippen LogP contribution in [0.3, 0.4) is 0 Å². The first-order chi connectivity index (χ1) is 5.83. The first kappa shape index (κ1) is 14.4. The lowest BCUT2D eigenvalue weighted by Gasteiger charge is -1.90. The van der Waals surface area contributed by atoms with Crippen molar-refractivity contribution in [2.24, 2.45) is 0 Å². The Morgan fingerprint density at radius 3 is 1.67 bits per heavy atom. The Bertz CT molecular complexity index is 49.8. The van der Waals surface area contributed by atoms with E-state index >= 15 is 0 Å². The largest absolute Gasteiger partial charge is 0.394 e. The summed E-state index contributed by atoms with van der Waals surface area (Å²) >= 11 is 0. The van der Waals surface area contributed by atoms with E-state index in [1.54, 1.807) is 7.11 Å². The van der Waals surface area contributed by atoms with Crippen LogP contribution in [0, 0.1) is 0 Å². The molecule has 0 unspecified atom stereocenters. The van der Waals surface area contributed by atoms with Crippen molar-refractivity contribution in [2.45, 2.75) is 46.0 Å². The Morgan fingerprint density at radius 2 is 1.50 bits per heavy atom. The third kappa shape index (κ3) is 22.5. The number of aliphatic hydroxyl groups excluding tert-OH is 1. The molecule has 1 N–H and O–H groups in total. The predicted molar refractivity (Wildman–Crippen MR) is 53.4 cm³/mol. The van der Waals surface area contributed by atoms with Crippen molar-refractivity contribution in [1.29, 1.82) is 0 Å². The summed E-state index contributed by atoms with van der Waals surface area (Å²) < 4.78 is 4.44. The molecule has 0 aromatic heterocycles. The van der Waals surface area contributed by atoms with Gasteiger partial charge in [0.15, 0.2) is 0 Å². The van der Waals surface area contributed by atoms with Crippen molar-refractivity contribution in [3.63, 3.8) is 0 Å². The van der Waals surface area contributed by atoms with Crippen LogP contribution in [0.2, 0.25) is 0 Å². The molecule has 12 heavy (non-hydrogen) atoms. The maximum absolute atomic E-state index is 7.94. The maximum Gasteiger partial charge on any atom is 0.0693 e. The van der Waals surface area contributed by atoms with E-state index in [0.717, 1.165) is 0 Å². The van der Waals surface area contributed by atoms with Gasteiger partial charge in [0.25, 0.3) is 0 Å². The fraction of sp³-hybridized carbons (Fsp3) is 1.00. The summed E-state index contributed by atoms with van der Waals surface area (Å²) in [6.45, 7) is 5.06. The van der Waals surface area contributed by atoms with Gasteiger partial charge >= 0.3 is 0 Å². The van der Waals surface area contributed by atoms with Crippen LogP contribution in [-0.2, 0) is 4.74 Å². The van der Waals surface area contributed by atoms with Gasteiger partial charge < -0.3 is 9.84 Å². The summed E-state index contributed by atoms with van der Waals surface area (Å²) in [5.74, 6) is 0. The molecular formula is C10H24O2. The zero-order valence-corrected chi connectivity index (χ0v) is 8.81. The van der Waals surface area contributed by atoms with Crippen molar-refractivity contribution in [3.05, 3.63) is 0 Å². The minimum absolute atomic E-state index is 0.122. The normalized spacial score (nSPS) is 9.00. The molecule has 0 aliphatic heterocycles. The highest BCUT2D eigenvalue weighted by Gasteiger charge is 1.80. The molecule has 0 radical (unpaired) electrons. The number of aliphatic hydroxyl groups is 1. The van der Waals surface area contributed by atoms with Gasteiger partial charge in [0.2, 0.25) is 0 Å². The topological polar surface area (TPSA) is 29.5 Å². The predicted octanol–water partition coefficient (Wildman–Crippen LogP) is 2.60. The second kappa shape index (κ2) is 17.1. The Morgan fingerprint density at radius 1 is 1.00 bits per heavy atom. The fourth-order valence-electron chi connectivity index (χ4n) is 0.768. The third-order valence-corrected chi connectivity index (χ3v) is 1.50. The van der Waals surface area contributed by atoms with E-state index in [9.17, 15) is 0 Å². The Labute approximate surface area is 76.9 Å². The van der Waals surface area contributed by atoms with Crippen molar-refractivity contribution < 1.29 is 9.84 Å². The van der Waals surface area contributed by atoms with Gasteiger partial charge in [-0.25, -0.2) is 0 Å². The van der Waals surface area contributed by atoms with Gasteiger partial charge in [-0.05, 0) is 0 Å². The highest BCUT2D eigenvalue weighted by molar-refractivity contribution is 4.35. The molecule has 0 rings (SSSR count). The van der Waals surface area contributed by atoms with Gasteiger partial charge in [0.1, 0.15) is 0 Å². The van der Waals surface area contributed by atoms with Crippen LogP contribution in [0.1, 0.15) is 46.0 Å². The molecule has 0 atom stereocenters. The maximum atomic E-state index is 7.94. The van der Waals surface area contributed by atoms with Gasteiger partial charge in [-0.2, -0.15) is 0 Å². The Kier molecular flexibility index (Phi) is 20.6. The lowest BCUT2D eigenvalue weighted by molar-refractivity contribution is 0.135. The quantitative estimate of drug-likeness (QED) is 0.630. The highest BCUT2D eigenvalue weighted by atomic mass is 16.5. The van der Waals surface area contributed by atoms with Gasteiger partial charge in [-0.15, -0.1) is 0 Å². The van der Waals surface area contributed by atoms with Crippen LogP contribution >= 0.6 is 0 Å². The molecule has 0 heterocycles. The molecule has 0 aromatic carbocycles. The van der Waals surface area contributed by atoms with Crippen LogP contribution in [0.5, 0.6) is 0 Å². The number of rotatable bonds is 6. The summed E-state index contributed by atoms with van der Waals surface area (Å²) in [5.41, 5.74) is 0. The molecule has 0 spiro atoms. The molecule has 76 valence electrons. The van der Waals surface area contributed by atoms with Gasteiger partial charge in [0, 0.05) is 7.11 Å². The van der Waals surface area contributed by atoms with Gasteiger partial charge in [-0.3, -0.25) is 0 Å². The van der Waals surface area contributed by atoms with E-state index in [1.807, 2.05) is 0 Å². The molecule has 0 aliphatic carbocycles. The second-order valence-corrected chi connectivity index (χ2v) is 2.78. The number of methoxy groups -OCH3 is 1. The molecule has 0 aliphatic rings. The zero-order chi connectivity index (χ0) is 9.66. The highest BCUT2D eigenvalue weighted by Crippen LogP contribution is 2.00. The van der Waals surface area contributed by atoms with Crippen LogP contribution in [0.4, 0.5) is 0 Å². The van der Waals surface area contributed by atoms with Gasteiger partial charge in [0.05, 0.1) is 13.2 Å². The number of hydrogen-bond acceptors (Lipinski definition) is 2. The van der Waals surface area contributed by atoms with E-state index in [1.165, 1.54) is 32.1 Å². The monoisotopic (exact) mass is 176 g/mol. The fourth-order valence-corrected chi connectivity index (χ4v) is 0.768. The molecule has 2 nitrogen and oxygen atoms in total. The smallest absolute Gasteiger partial charge is 0.0693 e. The van der Waals surface area contributed by atoms with Crippen LogP contribution in [-0.4, -0.2) is 25.4 Å². The van der Waals surface area contributed by atoms with Crippen LogP contribution < -0.4 is 0 Å². The van der Waals surface area contributed by atoms with E-state index in [0.29, 0.717) is 6.61 Å². The van der Waals surface area contributed by atoms with E-state index in [-0.39, 0.29) is 6.61 Å². The summed E-state index contributed by atoms with van der Waals surface area (Å²) in [7, 11) is 1.55. The molecule has 0 saturated carbocycles. The summed E-state index contributed by atoms with van der Waals surface area (Å²) in [6, 6.07) is 0. The first-order valence-electron chi connectivity index (χ1n) is 4.93. The third-order valence-electron chi connectivity index (χ3n) is 1.50. The zero-order valence-electron chi connectivity index (χ0n) is 8.81. The molecule has 0 bridgehead atoms. The molecule has 0 aromatic rings. The Hall–Kier alpha value is -0.0800. The van der Waals surface area contributed by atoms with E-state index < -0.39 is 0 Å². The second-order valence-electron chi connectivity index (χ2n) is 2.78. The SMILES string of the molecule is CCCCCCC.COCCO. The molecular weight excluding hydrogens is 152 g/mol. The number of unbranched alkanes of at least 4 members (excludes halogenated alkanes) is 4. The standard InChI is InChI=1S/C7H16.C3H8O2/c1-3-5-7-6-4-2;1-5-3-2-4/h3-7H2,1-2H3;4H,2-3H2,1H3. The van der Waals surface area contributed by atoms with Crippen molar-refractivity contribution in [1.82, 2.24) is 0 Å². The van der Waals surface area contributed by atoms with Crippen molar-refractivity contribution in [2.75, 3.05) is 20.3 Å². The van der Waals surface area contributed by atoms with E-state index in [4.69, 9.17) is 5.11 Å². The average Bonchev–Trinajstić information content (AvgIpc) is 2.08. The summed E-state index contributed by atoms with van der Waals surface area (Å²) in [6.07, 6.45) is 7.01. The molecule has 0 amide bonds. The summed E-state index contributed by atoms with van der Waals surface area (Å²) in [4.78, 5) is 0. The Balaban J connectivity index is 0. The molecule has 0 saturated heterocycles. The minimum atomic E-state index is 0.122. The lowest BCUT2D eigenvalue weighted by atomic mass is 10.2. The number of ether oxygens (including phenoxy) is 1. The lowest BCUT2D eigenvalue weighted by Crippen LogP contribution is -1.91.